The SMILES string of the molecule is CN(C)CC[C@H](CSc1ccccc1)Nc1c(C(=O)O)cc(S(=O)(=O)NC(=O)c2ccc(N3CCN(Cc4ccccc4-c4ccc(Cl)cc4)CC3)cc2)cc1C(F)(F)F. The molecule has 1 amide bonds. The number of amides is 1. The molecule has 5 aromatic carbocycles. The highest BCUT2D eigenvalue weighted by Gasteiger charge is 2.38. The average molecular weight is 880 g/mol. The minimum absolute atomic E-state index is 0.0489. The highest BCUT2D eigenvalue weighted by molar-refractivity contribution is 7.99. The molecular weight excluding hydrogens is 835 g/mol. The number of anilines is 2. The van der Waals surface area contributed by atoms with Gasteiger partial charge in [-0.3, -0.25) is 9.69 Å². The Kier molecular flexibility index (Phi) is 14.5. The highest BCUT2D eigenvalue weighted by Crippen LogP contribution is 2.40. The van der Waals surface area contributed by atoms with Crippen molar-refractivity contribution in [1.82, 2.24) is 14.5 Å². The van der Waals surface area contributed by atoms with E-state index < -0.39 is 55.8 Å². The van der Waals surface area contributed by atoms with Gasteiger partial charge in [0.2, 0.25) is 0 Å². The summed E-state index contributed by atoms with van der Waals surface area (Å²) >= 11 is 7.49. The predicted molar refractivity (Wildman–Crippen MR) is 232 cm³/mol. The summed E-state index contributed by atoms with van der Waals surface area (Å²) in [7, 11) is -1.35. The van der Waals surface area contributed by atoms with E-state index in [0.717, 1.165) is 41.3 Å². The number of benzene rings is 5. The van der Waals surface area contributed by atoms with Crippen LogP contribution in [0.1, 0.15) is 38.3 Å². The van der Waals surface area contributed by atoms with Gasteiger partial charge in [-0.1, -0.05) is 66.2 Å². The first-order valence-electron chi connectivity index (χ1n) is 19.1. The van der Waals surface area contributed by atoms with E-state index >= 15 is 0 Å². The number of hydrogen-bond donors (Lipinski definition) is 3. The highest BCUT2D eigenvalue weighted by atomic mass is 35.5. The van der Waals surface area contributed by atoms with Crippen LogP contribution in [0.4, 0.5) is 24.5 Å². The topological polar surface area (TPSA) is 122 Å². The Hall–Kier alpha value is -5.06. The van der Waals surface area contributed by atoms with Crippen molar-refractivity contribution in [2.45, 2.75) is 35.0 Å². The summed E-state index contributed by atoms with van der Waals surface area (Å²) in [5.74, 6) is -2.56. The molecule has 316 valence electrons. The zero-order valence-electron chi connectivity index (χ0n) is 33.0. The summed E-state index contributed by atoms with van der Waals surface area (Å²) in [6.45, 7) is 4.17. The van der Waals surface area contributed by atoms with Crippen LogP contribution in [0.5, 0.6) is 0 Å². The Morgan fingerprint density at radius 3 is 2.17 bits per heavy atom. The zero-order valence-corrected chi connectivity index (χ0v) is 35.3. The largest absolute Gasteiger partial charge is 0.478 e. The number of carbonyl (C=O) groups is 2. The van der Waals surface area contributed by atoms with Crippen LogP contribution < -0.4 is 14.9 Å². The van der Waals surface area contributed by atoms with E-state index in [9.17, 15) is 36.3 Å². The quantitative estimate of drug-likeness (QED) is 0.0831. The second kappa shape index (κ2) is 19.5. The number of sulfonamides is 1. The van der Waals surface area contributed by atoms with Gasteiger partial charge in [-0.05, 0) is 104 Å². The zero-order chi connectivity index (χ0) is 43.0. The van der Waals surface area contributed by atoms with E-state index in [0.29, 0.717) is 49.0 Å². The third-order valence-corrected chi connectivity index (χ3v) is 12.8. The summed E-state index contributed by atoms with van der Waals surface area (Å²) < 4.78 is 72.8. The minimum atomic E-state index is -5.15. The number of carboxylic acids is 1. The van der Waals surface area contributed by atoms with Gasteiger partial charge in [0.05, 0.1) is 21.7 Å². The van der Waals surface area contributed by atoms with E-state index in [-0.39, 0.29) is 5.56 Å². The molecule has 16 heteroatoms. The van der Waals surface area contributed by atoms with Gasteiger partial charge in [0.15, 0.2) is 0 Å². The molecule has 1 aliphatic heterocycles. The van der Waals surface area contributed by atoms with E-state index in [1.165, 1.54) is 29.5 Å². The second-order valence-electron chi connectivity index (χ2n) is 14.7. The van der Waals surface area contributed by atoms with Crippen molar-refractivity contribution in [2.24, 2.45) is 0 Å². The number of alkyl halides is 3. The van der Waals surface area contributed by atoms with Crippen LogP contribution in [0.25, 0.3) is 11.1 Å². The third kappa shape index (κ3) is 11.6. The predicted octanol–water partition coefficient (Wildman–Crippen LogP) is 8.69. The van der Waals surface area contributed by atoms with E-state index in [2.05, 4.69) is 27.2 Å². The number of rotatable bonds is 16. The van der Waals surface area contributed by atoms with E-state index in [1.54, 1.807) is 12.1 Å². The lowest BCUT2D eigenvalue weighted by molar-refractivity contribution is -0.137. The molecule has 0 saturated carbocycles. The normalized spacial score (nSPS) is 14.2. The van der Waals surface area contributed by atoms with Crippen molar-refractivity contribution < 1.29 is 36.3 Å². The maximum atomic E-state index is 14.7. The van der Waals surface area contributed by atoms with Crippen molar-refractivity contribution in [1.29, 1.82) is 0 Å². The Morgan fingerprint density at radius 1 is 0.883 bits per heavy atom. The second-order valence-corrected chi connectivity index (χ2v) is 17.9. The summed E-state index contributed by atoms with van der Waals surface area (Å²) in [4.78, 5) is 31.9. The van der Waals surface area contributed by atoms with Gasteiger partial charge in [0, 0.05) is 65.7 Å². The van der Waals surface area contributed by atoms with E-state index in [4.69, 9.17) is 11.6 Å². The molecule has 0 bridgehead atoms. The Labute approximate surface area is 357 Å². The number of nitrogens with one attached hydrogen (secondary N) is 2. The Balaban J connectivity index is 1.13. The Bertz CT molecular complexity index is 2380. The average Bonchev–Trinajstić information content (AvgIpc) is 3.22. The van der Waals surface area contributed by atoms with Crippen LogP contribution in [0.2, 0.25) is 5.02 Å². The maximum absolute atomic E-state index is 14.7. The molecule has 0 aromatic heterocycles. The number of halogens is 4. The molecule has 1 saturated heterocycles. The molecule has 0 spiro atoms. The number of carboxylic acid groups (broad SMARTS) is 1. The molecule has 1 heterocycles. The number of aromatic carboxylic acids is 1. The molecule has 1 atom stereocenters. The molecule has 0 unspecified atom stereocenters. The van der Waals surface area contributed by atoms with Crippen LogP contribution in [0.15, 0.2) is 125 Å². The fraction of sp³-hybridized carbons (Fsp3) is 0.273. The molecule has 5 aromatic rings. The van der Waals surface area contributed by atoms with Gasteiger partial charge in [0.1, 0.15) is 0 Å². The summed E-state index contributed by atoms with van der Waals surface area (Å²) in [5, 5.41) is 13.6. The van der Waals surface area contributed by atoms with Crippen LogP contribution in [-0.4, -0.2) is 93.8 Å². The number of thioether (sulfide) groups is 1. The smallest absolute Gasteiger partial charge is 0.418 e. The monoisotopic (exact) mass is 879 g/mol. The number of piperazine rings is 1. The lowest BCUT2D eigenvalue weighted by Gasteiger charge is -2.36. The molecule has 0 radical (unpaired) electrons. The standard InChI is InChI=1S/C44H45ClF3N5O5S2/c1-51(2)21-20-34(29-59-36-9-4-3-5-10-36)49-41-39(43(55)56)26-37(27-40(41)44(46,47)48)60(57,58)50-42(54)31-14-18-35(19-15-31)53-24-22-52(23-25-53)28-32-8-6-7-11-38(32)30-12-16-33(45)17-13-30/h3-19,26-27,34,49H,20-25,28-29H2,1-2H3,(H,50,54)(H,55,56)/t34-/m1/s1. The lowest BCUT2D eigenvalue weighted by atomic mass is 9.99. The third-order valence-electron chi connectivity index (χ3n) is 10.1. The van der Waals surface area contributed by atoms with Crippen molar-refractivity contribution in [2.75, 3.05) is 62.8 Å². The maximum Gasteiger partial charge on any atom is 0.418 e. The van der Waals surface area contributed by atoms with Gasteiger partial charge in [0.25, 0.3) is 15.9 Å². The van der Waals surface area contributed by atoms with Crippen molar-refractivity contribution in [3.05, 3.63) is 143 Å². The number of hydrogen-bond acceptors (Lipinski definition) is 9. The number of nitrogens with zero attached hydrogens (tertiary/aromatic N) is 3. The summed E-state index contributed by atoms with van der Waals surface area (Å²) in [6, 6.07) is 31.8. The van der Waals surface area contributed by atoms with Crippen molar-refractivity contribution in [3.8, 4) is 11.1 Å². The van der Waals surface area contributed by atoms with Crippen LogP contribution in [0.3, 0.4) is 0 Å². The molecule has 60 heavy (non-hydrogen) atoms. The van der Waals surface area contributed by atoms with Crippen LogP contribution in [-0.2, 0) is 22.7 Å². The van der Waals surface area contributed by atoms with Gasteiger partial charge < -0.3 is 20.2 Å². The van der Waals surface area contributed by atoms with E-state index in [1.807, 2.05) is 90.4 Å². The van der Waals surface area contributed by atoms with Gasteiger partial charge in [-0.2, -0.15) is 13.2 Å². The fourth-order valence-corrected chi connectivity index (χ4v) is 9.03. The van der Waals surface area contributed by atoms with Crippen LogP contribution >= 0.6 is 23.4 Å². The van der Waals surface area contributed by atoms with Crippen molar-refractivity contribution in [3.63, 3.8) is 0 Å². The van der Waals surface area contributed by atoms with Crippen LogP contribution in [0, 0.1) is 0 Å². The lowest BCUT2D eigenvalue weighted by Crippen LogP contribution is -2.46. The molecule has 1 aliphatic rings. The molecular formula is C44H45ClF3N5O5S2. The van der Waals surface area contributed by atoms with Gasteiger partial charge >= 0.3 is 12.1 Å². The molecule has 0 aliphatic carbocycles. The molecule has 6 rings (SSSR count). The minimum Gasteiger partial charge on any atom is -0.478 e. The first kappa shape index (κ1) is 44.5. The molecule has 10 nitrogen and oxygen atoms in total. The van der Waals surface area contributed by atoms with Crippen molar-refractivity contribution >= 4 is 56.6 Å². The first-order chi connectivity index (χ1) is 28.6. The Morgan fingerprint density at radius 2 is 1.53 bits per heavy atom. The molecule has 3 N–H and O–H groups in total. The summed E-state index contributed by atoms with van der Waals surface area (Å²) in [6.07, 6.45) is -4.79. The van der Waals surface area contributed by atoms with Gasteiger partial charge in [-0.15, -0.1) is 11.8 Å². The fourth-order valence-electron chi connectivity index (χ4n) is 6.89. The number of carbonyl (C=O) groups excluding carboxylic acids is 1. The molecule has 1 fully saturated rings. The first-order valence-corrected chi connectivity index (χ1v) is 22.0. The van der Waals surface area contributed by atoms with Gasteiger partial charge in [-0.25, -0.2) is 17.9 Å². The summed E-state index contributed by atoms with van der Waals surface area (Å²) in [5.41, 5.74) is 1.05.